The standard InChI is InChI=1S/C20H12Cl3N3O/c21-13-3-7-16(17(23)9-13)20(27)24-15-5-1-12(2-6-15)18-11-26-10-14(22)4-8-19(26)25-18/h1-11H,(H,24,27). The fraction of sp³-hybridized carbons (Fsp3) is 0. The Hall–Kier alpha value is -2.53. The topological polar surface area (TPSA) is 46.4 Å². The molecule has 0 bridgehead atoms. The Bertz CT molecular complexity index is 1150. The molecule has 0 radical (unpaired) electrons. The second kappa shape index (κ2) is 7.24. The van der Waals surface area contributed by atoms with Crippen molar-refractivity contribution in [2.75, 3.05) is 5.32 Å². The molecular formula is C20H12Cl3N3O. The number of benzene rings is 2. The first-order valence-electron chi connectivity index (χ1n) is 8.01. The van der Waals surface area contributed by atoms with Gasteiger partial charge < -0.3 is 9.72 Å². The van der Waals surface area contributed by atoms with Gasteiger partial charge in [-0.3, -0.25) is 4.79 Å². The van der Waals surface area contributed by atoms with Crippen LogP contribution in [0.1, 0.15) is 10.4 Å². The van der Waals surface area contributed by atoms with Crippen LogP contribution in [0, 0.1) is 0 Å². The lowest BCUT2D eigenvalue weighted by Gasteiger charge is -2.07. The van der Waals surface area contributed by atoms with E-state index in [9.17, 15) is 4.79 Å². The van der Waals surface area contributed by atoms with E-state index in [1.807, 2.05) is 40.9 Å². The average Bonchev–Trinajstić information content (AvgIpc) is 3.05. The molecule has 7 heteroatoms. The van der Waals surface area contributed by atoms with Crippen LogP contribution in [-0.4, -0.2) is 15.3 Å². The van der Waals surface area contributed by atoms with Gasteiger partial charge in [0.15, 0.2) is 0 Å². The van der Waals surface area contributed by atoms with E-state index in [0.29, 0.717) is 26.3 Å². The Balaban J connectivity index is 1.55. The zero-order valence-corrected chi connectivity index (χ0v) is 16.1. The number of imidazole rings is 1. The molecule has 4 nitrogen and oxygen atoms in total. The summed E-state index contributed by atoms with van der Waals surface area (Å²) in [7, 11) is 0. The summed E-state index contributed by atoms with van der Waals surface area (Å²) in [6.45, 7) is 0. The maximum Gasteiger partial charge on any atom is 0.257 e. The van der Waals surface area contributed by atoms with E-state index in [1.165, 1.54) is 6.07 Å². The molecule has 0 atom stereocenters. The van der Waals surface area contributed by atoms with Crippen LogP contribution in [0.15, 0.2) is 67.0 Å². The summed E-state index contributed by atoms with van der Waals surface area (Å²) in [6, 6.07) is 15.8. The first kappa shape index (κ1) is 17.9. The van der Waals surface area contributed by atoms with E-state index in [-0.39, 0.29) is 5.91 Å². The molecule has 4 rings (SSSR count). The monoisotopic (exact) mass is 415 g/mol. The van der Waals surface area contributed by atoms with Crippen LogP contribution >= 0.6 is 34.8 Å². The van der Waals surface area contributed by atoms with Gasteiger partial charge >= 0.3 is 0 Å². The largest absolute Gasteiger partial charge is 0.322 e. The zero-order chi connectivity index (χ0) is 19.0. The number of pyridine rings is 1. The fourth-order valence-electron chi connectivity index (χ4n) is 2.70. The number of carbonyl (C=O) groups excluding carboxylic acids is 1. The number of fused-ring (bicyclic) bond motifs is 1. The predicted molar refractivity (Wildman–Crippen MR) is 110 cm³/mol. The lowest BCUT2D eigenvalue weighted by Crippen LogP contribution is -2.12. The van der Waals surface area contributed by atoms with E-state index >= 15 is 0 Å². The van der Waals surface area contributed by atoms with Crippen molar-refractivity contribution in [3.05, 3.63) is 87.6 Å². The Morgan fingerprint density at radius 1 is 0.889 bits per heavy atom. The maximum absolute atomic E-state index is 12.4. The summed E-state index contributed by atoms with van der Waals surface area (Å²) in [4.78, 5) is 17.0. The summed E-state index contributed by atoms with van der Waals surface area (Å²) < 4.78 is 1.87. The molecule has 4 aromatic rings. The van der Waals surface area contributed by atoms with Crippen molar-refractivity contribution in [3.8, 4) is 11.3 Å². The molecule has 0 fully saturated rings. The van der Waals surface area contributed by atoms with E-state index in [0.717, 1.165) is 16.9 Å². The van der Waals surface area contributed by atoms with Crippen LogP contribution < -0.4 is 5.32 Å². The fourth-order valence-corrected chi connectivity index (χ4v) is 3.36. The van der Waals surface area contributed by atoms with Crippen molar-refractivity contribution in [1.29, 1.82) is 0 Å². The molecular weight excluding hydrogens is 405 g/mol. The van der Waals surface area contributed by atoms with E-state index in [1.54, 1.807) is 24.4 Å². The van der Waals surface area contributed by atoms with Gasteiger partial charge in [-0.05, 0) is 42.5 Å². The molecule has 2 heterocycles. The second-order valence-corrected chi connectivity index (χ2v) is 7.17. The molecule has 0 aliphatic heterocycles. The molecule has 0 saturated heterocycles. The van der Waals surface area contributed by atoms with E-state index < -0.39 is 0 Å². The number of nitrogens with zero attached hydrogens (tertiary/aromatic N) is 2. The van der Waals surface area contributed by atoms with Crippen LogP contribution in [0.5, 0.6) is 0 Å². The molecule has 2 aromatic heterocycles. The molecule has 27 heavy (non-hydrogen) atoms. The van der Waals surface area contributed by atoms with Crippen molar-refractivity contribution in [2.45, 2.75) is 0 Å². The number of amides is 1. The normalized spacial score (nSPS) is 10.9. The highest BCUT2D eigenvalue weighted by Gasteiger charge is 2.11. The molecule has 2 aromatic carbocycles. The highest BCUT2D eigenvalue weighted by Crippen LogP contribution is 2.24. The van der Waals surface area contributed by atoms with Gasteiger partial charge in [0.05, 0.1) is 21.3 Å². The summed E-state index contributed by atoms with van der Waals surface area (Å²) in [5, 5.41) is 4.25. The van der Waals surface area contributed by atoms with Crippen molar-refractivity contribution in [2.24, 2.45) is 0 Å². The third-order valence-corrected chi connectivity index (χ3v) is 4.80. The SMILES string of the molecule is O=C(Nc1ccc(-c2cn3cc(Cl)ccc3n2)cc1)c1ccc(Cl)cc1Cl. The van der Waals surface area contributed by atoms with Gasteiger partial charge in [-0.15, -0.1) is 0 Å². The van der Waals surface area contributed by atoms with Gasteiger partial charge in [-0.25, -0.2) is 4.98 Å². The summed E-state index contributed by atoms with van der Waals surface area (Å²) in [5.74, 6) is -0.299. The Kier molecular flexibility index (Phi) is 4.79. The smallest absolute Gasteiger partial charge is 0.257 e. The van der Waals surface area contributed by atoms with Gasteiger partial charge in [0.1, 0.15) is 5.65 Å². The van der Waals surface area contributed by atoms with Crippen molar-refractivity contribution in [3.63, 3.8) is 0 Å². The number of aromatic nitrogens is 2. The minimum absolute atomic E-state index is 0.299. The minimum atomic E-state index is -0.299. The summed E-state index contributed by atoms with van der Waals surface area (Å²) in [5.41, 5.74) is 3.57. The summed E-state index contributed by atoms with van der Waals surface area (Å²) in [6.07, 6.45) is 3.71. The number of carbonyl (C=O) groups is 1. The van der Waals surface area contributed by atoms with Crippen LogP contribution in [0.3, 0.4) is 0 Å². The van der Waals surface area contributed by atoms with E-state index in [2.05, 4.69) is 10.3 Å². The highest BCUT2D eigenvalue weighted by molar-refractivity contribution is 6.37. The minimum Gasteiger partial charge on any atom is -0.322 e. The third-order valence-electron chi connectivity index (χ3n) is 4.03. The molecule has 1 N–H and O–H groups in total. The maximum atomic E-state index is 12.4. The summed E-state index contributed by atoms with van der Waals surface area (Å²) >= 11 is 18.0. The Morgan fingerprint density at radius 2 is 1.63 bits per heavy atom. The molecule has 1 amide bonds. The zero-order valence-electron chi connectivity index (χ0n) is 13.8. The molecule has 0 aliphatic rings. The number of halogens is 3. The van der Waals surface area contributed by atoms with Crippen molar-refractivity contribution >= 4 is 52.0 Å². The van der Waals surface area contributed by atoms with Gasteiger partial charge in [0.25, 0.3) is 5.91 Å². The lowest BCUT2D eigenvalue weighted by atomic mass is 10.1. The number of anilines is 1. The number of rotatable bonds is 3. The lowest BCUT2D eigenvalue weighted by molar-refractivity contribution is 0.102. The quantitative estimate of drug-likeness (QED) is 0.431. The third kappa shape index (κ3) is 3.78. The van der Waals surface area contributed by atoms with Crippen LogP contribution in [-0.2, 0) is 0 Å². The van der Waals surface area contributed by atoms with Gasteiger partial charge in [-0.1, -0.05) is 46.9 Å². The van der Waals surface area contributed by atoms with Crippen LogP contribution in [0.4, 0.5) is 5.69 Å². The van der Waals surface area contributed by atoms with Crippen molar-refractivity contribution < 1.29 is 4.79 Å². The first-order chi connectivity index (χ1) is 13.0. The van der Waals surface area contributed by atoms with Gasteiger partial charge in [0, 0.05) is 28.7 Å². The van der Waals surface area contributed by atoms with E-state index in [4.69, 9.17) is 34.8 Å². The number of hydrogen-bond donors (Lipinski definition) is 1. The Labute approximate surface area is 170 Å². The molecule has 134 valence electrons. The number of hydrogen-bond acceptors (Lipinski definition) is 2. The molecule has 0 aliphatic carbocycles. The second-order valence-electron chi connectivity index (χ2n) is 5.89. The average molecular weight is 417 g/mol. The van der Waals surface area contributed by atoms with Gasteiger partial charge in [0.2, 0.25) is 0 Å². The molecule has 0 unspecified atom stereocenters. The van der Waals surface area contributed by atoms with Crippen molar-refractivity contribution in [1.82, 2.24) is 9.38 Å². The highest BCUT2D eigenvalue weighted by atomic mass is 35.5. The van der Waals surface area contributed by atoms with Crippen LogP contribution in [0.2, 0.25) is 15.1 Å². The first-order valence-corrected chi connectivity index (χ1v) is 9.14. The van der Waals surface area contributed by atoms with Crippen LogP contribution in [0.25, 0.3) is 16.9 Å². The number of nitrogens with one attached hydrogen (secondary N) is 1. The Morgan fingerprint density at radius 3 is 2.37 bits per heavy atom. The van der Waals surface area contributed by atoms with Gasteiger partial charge in [-0.2, -0.15) is 0 Å². The predicted octanol–water partition coefficient (Wildman–Crippen LogP) is 6.21. The molecule has 0 saturated carbocycles. The molecule has 0 spiro atoms.